The Morgan fingerprint density at radius 2 is 2.35 bits per heavy atom. The van der Waals surface area contributed by atoms with Gasteiger partial charge < -0.3 is 10.3 Å². The van der Waals surface area contributed by atoms with E-state index in [1.807, 2.05) is 29.0 Å². The SMILES string of the molecule is CCSc1cccc(-n2ccnc2)c1C(N)=S. The first-order chi connectivity index (χ1) is 8.24. The first-order valence-corrected chi connectivity index (χ1v) is 6.67. The number of hydrogen-bond donors (Lipinski definition) is 1. The van der Waals surface area contributed by atoms with Gasteiger partial charge in [-0.3, -0.25) is 0 Å². The molecule has 17 heavy (non-hydrogen) atoms. The van der Waals surface area contributed by atoms with E-state index in [4.69, 9.17) is 18.0 Å². The molecule has 0 fully saturated rings. The van der Waals surface area contributed by atoms with E-state index in [9.17, 15) is 0 Å². The fourth-order valence-corrected chi connectivity index (χ4v) is 2.78. The number of nitrogens with zero attached hydrogens (tertiary/aromatic N) is 2. The van der Waals surface area contributed by atoms with Crippen LogP contribution in [0.2, 0.25) is 0 Å². The van der Waals surface area contributed by atoms with Crippen molar-refractivity contribution >= 4 is 29.0 Å². The zero-order valence-electron chi connectivity index (χ0n) is 9.46. The molecule has 88 valence electrons. The van der Waals surface area contributed by atoms with Gasteiger partial charge in [0.1, 0.15) is 4.99 Å². The van der Waals surface area contributed by atoms with Crippen molar-refractivity contribution in [3.63, 3.8) is 0 Å². The molecule has 1 aromatic carbocycles. The summed E-state index contributed by atoms with van der Waals surface area (Å²) in [7, 11) is 0. The maximum atomic E-state index is 5.84. The standard InChI is InChI=1S/C12H13N3S2/c1-2-17-10-5-3-4-9(11(10)12(13)16)15-7-6-14-8-15/h3-8H,2H2,1H3,(H2,13,16). The number of aromatic nitrogens is 2. The maximum absolute atomic E-state index is 5.84. The Kier molecular flexibility index (Phi) is 3.81. The van der Waals surface area contributed by atoms with Gasteiger partial charge in [-0.25, -0.2) is 4.98 Å². The molecule has 0 aliphatic heterocycles. The van der Waals surface area contributed by atoms with Crippen molar-refractivity contribution < 1.29 is 0 Å². The summed E-state index contributed by atoms with van der Waals surface area (Å²) < 4.78 is 1.92. The van der Waals surface area contributed by atoms with Crippen molar-refractivity contribution in [3.8, 4) is 5.69 Å². The number of nitrogens with two attached hydrogens (primary N) is 1. The van der Waals surface area contributed by atoms with Gasteiger partial charge in [0.2, 0.25) is 0 Å². The van der Waals surface area contributed by atoms with Crippen LogP contribution in [0.25, 0.3) is 5.69 Å². The van der Waals surface area contributed by atoms with E-state index in [-0.39, 0.29) is 0 Å². The molecular weight excluding hydrogens is 250 g/mol. The third kappa shape index (κ3) is 2.50. The number of thiocarbonyl (C=S) groups is 1. The first-order valence-electron chi connectivity index (χ1n) is 5.28. The van der Waals surface area contributed by atoms with E-state index in [0.29, 0.717) is 4.99 Å². The molecule has 5 heteroatoms. The average Bonchev–Trinajstić information content (AvgIpc) is 2.82. The monoisotopic (exact) mass is 263 g/mol. The van der Waals surface area contributed by atoms with Crippen LogP contribution in [-0.2, 0) is 0 Å². The minimum Gasteiger partial charge on any atom is -0.389 e. The number of imidazole rings is 1. The van der Waals surface area contributed by atoms with Crippen LogP contribution >= 0.6 is 24.0 Å². The highest BCUT2D eigenvalue weighted by Crippen LogP contribution is 2.27. The van der Waals surface area contributed by atoms with Crippen molar-refractivity contribution in [2.45, 2.75) is 11.8 Å². The van der Waals surface area contributed by atoms with Gasteiger partial charge >= 0.3 is 0 Å². The number of benzene rings is 1. The minimum atomic E-state index is 0.422. The van der Waals surface area contributed by atoms with Crippen molar-refractivity contribution in [2.75, 3.05) is 5.75 Å². The molecule has 0 radical (unpaired) electrons. The minimum absolute atomic E-state index is 0.422. The van der Waals surface area contributed by atoms with Gasteiger partial charge in [0.15, 0.2) is 0 Å². The second-order valence-corrected chi connectivity index (χ2v) is 5.16. The summed E-state index contributed by atoms with van der Waals surface area (Å²) in [6, 6.07) is 6.05. The molecule has 0 bridgehead atoms. The van der Waals surface area contributed by atoms with Crippen LogP contribution in [0.1, 0.15) is 12.5 Å². The van der Waals surface area contributed by atoms with Gasteiger partial charge in [-0.15, -0.1) is 11.8 Å². The summed E-state index contributed by atoms with van der Waals surface area (Å²) in [5.41, 5.74) is 7.74. The van der Waals surface area contributed by atoms with Crippen LogP contribution in [0.5, 0.6) is 0 Å². The van der Waals surface area contributed by atoms with Crippen molar-refractivity contribution in [3.05, 3.63) is 42.5 Å². The molecule has 0 aliphatic carbocycles. The molecule has 3 nitrogen and oxygen atoms in total. The Morgan fingerprint density at radius 1 is 1.53 bits per heavy atom. The second-order valence-electron chi connectivity index (χ2n) is 3.42. The molecular formula is C12H13N3S2. The molecule has 1 heterocycles. The molecule has 0 amide bonds. The highest BCUT2D eigenvalue weighted by molar-refractivity contribution is 7.99. The Labute approximate surface area is 110 Å². The predicted octanol–water partition coefficient (Wildman–Crippen LogP) is 2.62. The molecule has 0 aliphatic rings. The lowest BCUT2D eigenvalue weighted by molar-refractivity contribution is 1.04. The van der Waals surface area contributed by atoms with Crippen LogP contribution in [0, 0.1) is 0 Å². The fraction of sp³-hybridized carbons (Fsp3) is 0.167. The van der Waals surface area contributed by atoms with Crippen LogP contribution < -0.4 is 5.73 Å². The molecule has 2 aromatic rings. The average molecular weight is 263 g/mol. The van der Waals surface area contributed by atoms with Crippen LogP contribution in [0.15, 0.2) is 41.8 Å². The molecule has 0 atom stereocenters. The van der Waals surface area contributed by atoms with Crippen LogP contribution in [-0.4, -0.2) is 20.3 Å². The van der Waals surface area contributed by atoms with E-state index in [0.717, 1.165) is 21.9 Å². The van der Waals surface area contributed by atoms with E-state index < -0.39 is 0 Å². The smallest absolute Gasteiger partial charge is 0.107 e. The number of thioether (sulfide) groups is 1. The lowest BCUT2D eigenvalue weighted by atomic mass is 10.1. The largest absolute Gasteiger partial charge is 0.389 e. The van der Waals surface area contributed by atoms with Crippen LogP contribution in [0.3, 0.4) is 0 Å². The van der Waals surface area contributed by atoms with E-state index in [1.165, 1.54) is 0 Å². The van der Waals surface area contributed by atoms with E-state index in [1.54, 1.807) is 24.3 Å². The third-order valence-corrected chi connectivity index (χ3v) is 3.48. The summed E-state index contributed by atoms with van der Waals surface area (Å²) in [5.74, 6) is 0.989. The summed E-state index contributed by atoms with van der Waals surface area (Å²) in [6.07, 6.45) is 5.37. The third-order valence-electron chi connectivity index (χ3n) is 2.33. The van der Waals surface area contributed by atoms with Gasteiger partial charge in [-0.2, -0.15) is 0 Å². The summed E-state index contributed by atoms with van der Waals surface area (Å²) in [5, 5.41) is 0. The fourth-order valence-electron chi connectivity index (χ4n) is 1.66. The first kappa shape index (κ1) is 12.1. The Hall–Kier alpha value is -1.33. The summed E-state index contributed by atoms with van der Waals surface area (Å²) in [6.45, 7) is 2.11. The molecule has 1 aromatic heterocycles. The zero-order valence-corrected chi connectivity index (χ0v) is 11.1. The molecule has 0 saturated carbocycles. The number of rotatable bonds is 4. The second kappa shape index (κ2) is 5.33. The van der Waals surface area contributed by atoms with Gasteiger partial charge in [0, 0.05) is 22.9 Å². The summed E-state index contributed by atoms with van der Waals surface area (Å²) in [4.78, 5) is 5.59. The zero-order chi connectivity index (χ0) is 12.3. The van der Waals surface area contributed by atoms with E-state index >= 15 is 0 Å². The quantitative estimate of drug-likeness (QED) is 0.680. The lowest BCUT2D eigenvalue weighted by Crippen LogP contribution is -2.14. The Bertz CT molecular complexity index is 521. The van der Waals surface area contributed by atoms with Gasteiger partial charge in [0.25, 0.3) is 0 Å². The van der Waals surface area contributed by atoms with E-state index in [2.05, 4.69) is 11.9 Å². The Morgan fingerprint density at radius 3 is 2.94 bits per heavy atom. The van der Waals surface area contributed by atoms with Gasteiger partial charge in [-0.05, 0) is 17.9 Å². The topological polar surface area (TPSA) is 43.8 Å². The Balaban J connectivity index is 2.59. The highest BCUT2D eigenvalue weighted by atomic mass is 32.2. The van der Waals surface area contributed by atoms with Crippen molar-refractivity contribution in [1.29, 1.82) is 0 Å². The summed E-state index contributed by atoms with van der Waals surface area (Å²) >= 11 is 6.90. The molecule has 0 saturated heterocycles. The molecule has 0 spiro atoms. The van der Waals surface area contributed by atoms with Crippen molar-refractivity contribution in [2.24, 2.45) is 5.73 Å². The normalized spacial score (nSPS) is 10.4. The number of hydrogen-bond acceptors (Lipinski definition) is 3. The molecule has 2 N–H and O–H groups in total. The molecule has 2 rings (SSSR count). The van der Waals surface area contributed by atoms with Gasteiger partial charge in [0.05, 0.1) is 12.0 Å². The lowest BCUT2D eigenvalue weighted by Gasteiger charge is -2.13. The van der Waals surface area contributed by atoms with Gasteiger partial charge in [-0.1, -0.05) is 25.2 Å². The molecule has 0 unspecified atom stereocenters. The van der Waals surface area contributed by atoms with Crippen molar-refractivity contribution in [1.82, 2.24) is 9.55 Å². The predicted molar refractivity (Wildman–Crippen MR) is 75.8 cm³/mol. The maximum Gasteiger partial charge on any atom is 0.107 e. The highest BCUT2D eigenvalue weighted by Gasteiger charge is 2.12. The van der Waals surface area contributed by atoms with Crippen LogP contribution in [0.4, 0.5) is 0 Å².